The Balaban J connectivity index is -0.000000282. The van der Waals surface area contributed by atoms with E-state index in [1.54, 1.807) is 0 Å². The Morgan fingerprint density at radius 3 is 2.47 bits per heavy atom. The summed E-state index contributed by atoms with van der Waals surface area (Å²) in [6.45, 7) is 3.84. The first-order valence-electron chi connectivity index (χ1n) is 4.32. The molecule has 0 heterocycles. The summed E-state index contributed by atoms with van der Waals surface area (Å²) in [6, 6.07) is 2.05. The SMILES string of the molecule is CNC(=O)O/N=C/C(C)(C)CCC#N.[Cl-].[Cl-].[Zn+2]. The maximum absolute atomic E-state index is 10.6. The van der Waals surface area contributed by atoms with Gasteiger partial charge < -0.3 is 30.1 Å². The number of carbonyl (C=O) groups is 1. The number of amides is 1. The van der Waals surface area contributed by atoms with Crippen molar-refractivity contribution in [2.75, 3.05) is 7.05 Å². The number of hydrogen-bond acceptors (Lipinski definition) is 4. The van der Waals surface area contributed by atoms with Crippen LogP contribution in [-0.2, 0) is 24.3 Å². The Morgan fingerprint density at radius 1 is 1.53 bits per heavy atom. The molecular weight excluding hydrogens is 318 g/mol. The topological polar surface area (TPSA) is 74.5 Å². The molecule has 0 spiro atoms. The van der Waals surface area contributed by atoms with Crippen LogP contribution in [0.25, 0.3) is 0 Å². The van der Waals surface area contributed by atoms with Crippen molar-refractivity contribution in [2.45, 2.75) is 26.7 Å². The molecule has 0 aliphatic heterocycles. The average Bonchev–Trinajstić information content (AvgIpc) is 2.14. The van der Waals surface area contributed by atoms with Crippen molar-refractivity contribution in [1.82, 2.24) is 5.32 Å². The second-order valence-corrected chi connectivity index (χ2v) is 3.51. The molecule has 0 rings (SSSR count). The Labute approximate surface area is 127 Å². The van der Waals surface area contributed by atoms with Crippen molar-refractivity contribution < 1.29 is 53.9 Å². The molecule has 0 radical (unpaired) electrons. The molecule has 1 amide bonds. The van der Waals surface area contributed by atoms with Crippen LogP contribution in [0.4, 0.5) is 4.79 Å². The molecule has 0 bridgehead atoms. The monoisotopic (exact) mass is 331 g/mol. The van der Waals surface area contributed by atoms with Crippen molar-refractivity contribution in [3.05, 3.63) is 0 Å². The number of carbonyl (C=O) groups excluding carboxylic acids is 1. The van der Waals surface area contributed by atoms with Crippen LogP contribution in [0, 0.1) is 16.7 Å². The molecule has 0 saturated heterocycles. The van der Waals surface area contributed by atoms with E-state index in [0.29, 0.717) is 12.8 Å². The number of rotatable bonds is 4. The van der Waals surface area contributed by atoms with Gasteiger partial charge in [0.15, 0.2) is 0 Å². The zero-order valence-electron chi connectivity index (χ0n) is 10.2. The Kier molecular flexibility index (Phi) is 20.5. The first-order chi connectivity index (χ1) is 6.52. The van der Waals surface area contributed by atoms with Crippen molar-refractivity contribution in [1.29, 1.82) is 5.26 Å². The predicted octanol–water partition coefficient (Wildman–Crippen LogP) is -4.34. The van der Waals surface area contributed by atoms with Crippen molar-refractivity contribution >= 4 is 12.3 Å². The molecule has 0 unspecified atom stereocenters. The van der Waals surface area contributed by atoms with Gasteiger partial charge in [0.05, 0.1) is 12.3 Å². The van der Waals surface area contributed by atoms with Gasteiger partial charge in [0.2, 0.25) is 0 Å². The molecule has 0 aliphatic carbocycles. The number of oxime groups is 1. The first-order valence-corrected chi connectivity index (χ1v) is 4.32. The molecule has 0 aromatic carbocycles. The molecule has 0 atom stereocenters. The minimum Gasteiger partial charge on any atom is -1.00 e. The minimum absolute atomic E-state index is 0. The van der Waals surface area contributed by atoms with Crippen LogP contribution in [0.1, 0.15) is 26.7 Å². The summed E-state index contributed by atoms with van der Waals surface area (Å²) in [5.74, 6) is 0. The molecule has 0 fully saturated rings. The molecule has 0 aromatic heterocycles. The third-order valence-corrected chi connectivity index (χ3v) is 1.62. The quantitative estimate of drug-likeness (QED) is 0.245. The van der Waals surface area contributed by atoms with Crippen LogP contribution < -0.4 is 30.1 Å². The van der Waals surface area contributed by atoms with E-state index in [0.717, 1.165) is 0 Å². The van der Waals surface area contributed by atoms with Crippen LogP contribution in [0.15, 0.2) is 5.16 Å². The van der Waals surface area contributed by atoms with E-state index in [2.05, 4.69) is 21.4 Å². The molecule has 0 aliphatic rings. The Hall–Kier alpha value is -0.367. The molecule has 0 saturated carbocycles. The first kappa shape index (κ1) is 25.5. The van der Waals surface area contributed by atoms with E-state index in [4.69, 9.17) is 5.26 Å². The molecule has 94 valence electrons. The third-order valence-electron chi connectivity index (χ3n) is 1.62. The number of nitrogens with one attached hydrogen (secondary N) is 1. The predicted molar refractivity (Wildman–Crippen MR) is 52.7 cm³/mol. The van der Waals surface area contributed by atoms with Gasteiger partial charge in [-0.3, -0.25) is 4.84 Å². The second kappa shape index (κ2) is 13.7. The van der Waals surface area contributed by atoms with Gasteiger partial charge in [-0.1, -0.05) is 19.0 Å². The van der Waals surface area contributed by atoms with Crippen molar-refractivity contribution in [2.24, 2.45) is 10.6 Å². The summed E-state index contributed by atoms with van der Waals surface area (Å²) in [6.07, 6.45) is 2.07. The Morgan fingerprint density at radius 2 is 2.06 bits per heavy atom. The summed E-state index contributed by atoms with van der Waals surface area (Å²) < 4.78 is 0. The molecule has 5 nitrogen and oxygen atoms in total. The molecule has 17 heavy (non-hydrogen) atoms. The molecular formula is C9H15Cl2N3O2Zn. The number of hydrogen-bond donors (Lipinski definition) is 1. The average molecular weight is 334 g/mol. The summed E-state index contributed by atoms with van der Waals surface area (Å²) in [5.41, 5.74) is -0.232. The number of nitrogens with zero attached hydrogens (tertiary/aromatic N) is 2. The number of halogens is 2. The smallest absolute Gasteiger partial charge is 1.00 e. The maximum Gasteiger partial charge on any atom is 2.00 e. The van der Waals surface area contributed by atoms with E-state index in [-0.39, 0.29) is 49.7 Å². The third kappa shape index (κ3) is 15.6. The fourth-order valence-corrected chi connectivity index (χ4v) is 0.705. The van der Waals surface area contributed by atoms with Crippen molar-refractivity contribution in [3.8, 4) is 6.07 Å². The molecule has 0 aromatic rings. The minimum atomic E-state index is -0.600. The van der Waals surface area contributed by atoms with Gasteiger partial charge in [0, 0.05) is 18.9 Å². The van der Waals surface area contributed by atoms with Gasteiger partial charge in [0.1, 0.15) is 0 Å². The Bertz CT molecular complexity index is 267. The molecule has 8 heteroatoms. The van der Waals surface area contributed by atoms with Gasteiger partial charge in [-0.15, -0.1) is 0 Å². The summed E-state index contributed by atoms with van der Waals surface area (Å²) in [7, 11) is 1.46. The van der Waals surface area contributed by atoms with E-state index in [1.807, 2.05) is 13.8 Å². The summed E-state index contributed by atoms with van der Waals surface area (Å²) in [4.78, 5) is 15.1. The standard InChI is InChI=1S/C9H15N3O2.2ClH.Zn/c1-9(2,5-4-6-10)7-12-14-8(13)11-3;;;/h7H,4-5H2,1-3H3,(H,11,13);2*1H;/q;;;+2/p-2/b12-7+;;;. The van der Waals surface area contributed by atoms with Gasteiger partial charge in [-0.2, -0.15) is 5.26 Å². The van der Waals surface area contributed by atoms with E-state index < -0.39 is 6.09 Å². The van der Waals surface area contributed by atoms with Crippen LogP contribution in [0.3, 0.4) is 0 Å². The maximum atomic E-state index is 10.6. The normalized spacial score (nSPS) is 9.06. The summed E-state index contributed by atoms with van der Waals surface area (Å²) in [5, 5.41) is 14.2. The van der Waals surface area contributed by atoms with Gasteiger partial charge in [-0.25, -0.2) is 4.79 Å². The fraction of sp³-hybridized carbons (Fsp3) is 0.667. The largest absolute Gasteiger partial charge is 2.00 e. The number of nitriles is 1. The zero-order valence-corrected chi connectivity index (χ0v) is 14.6. The fourth-order valence-electron chi connectivity index (χ4n) is 0.705. The van der Waals surface area contributed by atoms with Crippen LogP contribution in [0.5, 0.6) is 0 Å². The van der Waals surface area contributed by atoms with Crippen LogP contribution >= 0.6 is 0 Å². The van der Waals surface area contributed by atoms with E-state index >= 15 is 0 Å². The van der Waals surface area contributed by atoms with Gasteiger partial charge in [0.25, 0.3) is 0 Å². The van der Waals surface area contributed by atoms with Crippen LogP contribution in [0.2, 0.25) is 0 Å². The van der Waals surface area contributed by atoms with Gasteiger partial charge >= 0.3 is 25.6 Å². The zero-order chi connectivity index (χ0) is 11.0. The van der Waals surface area contributed by atoms with E-state index in [9.17, 15) is 4.79 Å². The van der Waals surface area contributed by atoms with Crippen molar-refractivity contribution in [3.63, 3.8) is 0 Å². The summed E-state index contributed by atoms with van der Waals surface area (Å²) >= 11 is 0. The van der Waals surface area contributed by atoms with Crippen LogP contribution in [-0.4, -0.2) is 19.4 Å². The van der Waals surface area contributed by atoms with E-state index in [1.165, 1.54) is 13.3 Å². The van der Waals surface area contributed by atoms with Gasteiger partial charge in [-0.05, 0) is 6.42 Å². The second-order valence-electron chi connectivity index (χ2n) is 3.51. The molecule has 1 N–H and O–H groups in total.